The third-order valence-electron chi connectivity index (χ3n) is 5.01. The van der Waals surface area contributed by atoms with Gasteiger partial charge in [0.05, 0.1) is 11.1 Å². The highest BCUT2D eigenvalue weighted by Gasteiger charge is 2.26. The summed E-state index contributed by atoms with van der Waals surface area (Å²) in [4.78, 5) is 18.2. The first-order valence-corrected chi connectivity index (χ1v) is 11.3. The number of thioether (sulfide) groups is 1. The molecule has 0 amide bonds. The third-order valence-corrected chi connectivity index (χ3v) is 7.25. The quantitative estimate of drug-likeness (QED) is 0.461. The van der Waals surface area contributed by atoms with Gasteiger partial charge in [0.25, 0.3) is 5.56 Å². The van der Waals surface area contributed by atoms with Crippen molar-refractivity contribution in [3.63, 3.8) is 0 Å². The molecule has 4 aromatic rings. The van der Waals surface area contributed by atoms with Crippen LogP contribution in [0.4, 0.5) is 0 Å². The summed E-state index contributed by atoms with van der Waals surface area (Å²) in [5, 5.41) is 11.0. The van der Waals surface area contributed by atoms with Crippen LogP contribution < -0.4 is 5.56 Å². The number of thiophene rings is 1. The van der Waals surface area contributed by atoms with Crippen molar-refractivity contribution in [1.29, 1.82) is 0 Å². The zero-order valence-corrected chi connectivity index (χ0v) is 17.9. The number of halogens is 1. The minimum atomic E-state index is -0.0488. The van der Waals surface area contributed by atoms with Crippen LogP contribution in [0.15, 0.2) is 34.2 Å². The Balaban J connectivity index is 1.94. The molecule has 0 aliphatic carbocycles. The Kier molecular flexibility index (Phi) is 4.46. The molecule has 5 rings (SSSR count). The highest BCUT2D eigenvalue weighted by Crippen LogP contribution is 2.35. The minimum absolute atomic E-state index is 0.0488. The highest BCUT2D eigenvalue weighted by atomic mass is 35.5. The molecule has 0 radical (unpaired) electrons. The summed E-state index contributed by atoms with van der Waals surface area (Å²) in [6, 6.07) is 7.33. The standard InChI is InChI=1S/C19H18ClN5OS2/c1-3-27-19-22-21-18-24(12-6-4-5-11(20)9-12)16(26)15-13-7-8-23(2)10-14(13)28-17(15)25(18)19/h4-6,9H,3,7-8,10H2,1-2H3. The van der Waals surface area contributed by atoms with E-state index in [-0.39, 0.29) is 5.56 Å². The smallest absolute Gasteiger partial charge is 0.268 e. The van der Waals surface area contributed by atoms with E-state index < -0.39 is 0 Å². The van der Waals surface area contributed by atoms with E-state index >= 15 is 0 Å². The molecule has 3 aromatic heterocycles. The van der Waals surface area contributed by atoms with Crippen molar-refractivity contribution < 1.29 is 0 Å². The lowest BCUT2D eigenvalue weighted by atomic mass is 10.1. The number of nitrogens with zero attached hydrogens (tertiary/aromatic N) is 5. The number of rotatable bonds is 3. The van der Waals surface area contributed by atoms with Crippen LogP contribution in [-0.4, -0.2) is 43.4 Å². The van der Waals surface area contributed by atoms with Crippen LogP contribution in [0, 0.1) is 0 Å². The average molecular weight is 432 g/mol. The van der Waals surface area contributed by atoms with E-state index in [2.05, 4.69) is 29.1 Å². The maximum Gasteiger partial charge on any atom is 0.268 e. The van der Waals surface area contributed by atoms with Gasteiger partial charge < -0.3 is 4.90 Å². The molecule has 0 N–H and O–H groups in total. The normalized spacial score (nSPS) is 14.8. The maximum atomic E-state index is 13.7. The second-order valence-electron chi connectivity index (χ2n) is 6.84. The summed E-state index contributed by atoms with van der Waals surface area (Å²) in [6.45, 7) is 3.90. The molecule has 0 bridgehead atoms. The van der Waals surface area contributed by atoms with Gasteiger partial charge in [-0.2, -0.15) is 0 Å². The number of benzene rings is 1. The van der Waals surface area contributed by atoms with Crippen LogP contribution in [0.25, 0.3) is 21.7 Å². The fraction of sp³-hybridized carbons (Fsp3) is 0.316. The SMILES string of the molecule is CCSc1nnc2n(-c3cccc(Cl)c3)c(=O)c3c4c(sc3n12)CN(C)CC4. The van der Waals surface area contributed by atoms with Gasteiger partial charge in [-0.3, -0.25) is 4.79 Å². The van der Waals surface area contributed by atoms with Crippen molar-refractivity contribution in [1.82, 2.24) is 24.1 Å². The largest absolute Gasteiger partial charge is 0.301 e. The van der Waals surface area contributed by atoms with Crippen LogP contribution in [0.3, 0.4) is 0 Å². The second kappa shape index (κ2) is 6.88. The van der Waals surface area contributed by atoms with Crippen molar-refractivity contribution in [2.45, 2.75) is 25.0 Å². The molecule has 6 nitrogen and oxygen atoms in total. The summed E-state index contributed by atoms with van der Waals surface area (Å²) in [6.07, 6.45) is 0.876. The molecule has 0 unspecified atom stereocenters. The zero-order valence-electron chi connectivity index (χ0n) is 15.5. The van der Waals surface area contributed by atoms with Crippen molar-refractivity contribution in [3.8, 4) is 5.69 Å². The second-order valence-corrected chi connectivity index (χ2v) is 9.59. The van der Waals surface area contributed by atoms with Gasteiger partial charge in [0.15, 0.2) is 5.16 Å². The molecular weight excluding hydrogens is 414 g/mol. The predicted octanol–water partition coefficient (Wildman–Crippen LogP) is 3.85. The van der Waals surface area contributed by atoms with Crippen molar-refractivity contribution in [3.05, 3.63) is 50.1 Å². The molecule has 0 spiro atoms. The Bertz CT molecular complexity index is 1280. The van der Waals surface area contributed by atoms with Crippen LogP contribution in [0.5, 0.6) is 0 Å². The first kappa shape index (κ1) is 18.2. The molecule has 1 aromatic carbocycles. The molecule has 0 saturated heterocycles. The summed E-state index contributed by atoms with van der Waals surface area (Å²) in [5.74, 6) is 1.41. The number of aromatic nitrogens is 4. The Labute approximate surface area is 174 Å². The van der Waals surface area contributed by atoms with Crippen molar-refractivity contribution in [2.75, 3.05) is 19.3 Å². The number of hydrogen-bond donors (Lipinski definition) is 0. The lowest BCUT2D eigenvalue weighted by molar-refractivity contribution is 0.318. The van der Waals surface area contributed by atoms with E-state index in [4.69, 9.17) is 11.6 Å². The van der Waals surface area contributed by atoms with Crippen LogP contribution in [0.1, 0.15) is 17.4 Å². The fourth-order valence-corrected chi connectivity index (χ4v) is 6.07. The molecule has 4 heterocycles. The minimum Gasteiger partial charge on any atom is -0.301 e. The summed E-state index contributed by atoms with van der Waals surface area (Å²) in [7, 11) is 2.12. The van der Waals surface area contributed by atoms with E-state index in [1.54, 1.807) is 39.8 Å². The van der Waals surface area contributed by atoms with E-state index in [0.29, 0.717) is 16.5 Å². The van der Waals surface area contributed by atoms with Crippen molar-refractivity contribution in [2.24, 2.45) is 0 Å². The number of hydrogen-bond acceptors (Lipinski definition) is 6. The lowest BCUT2D eigenvalue weighted by Crippen LogP contribution is -2.27. The number of fused-ring (bicyclic) bond motifs is 5. The van der Waals surface area contributed by atoms with Gasteiger partial charge in [0.2, 0.25) is 5.78 Å². The third kappa shape index (κ3) is 2.70. The van der Waals surface area contributed by atoms with Crippen LogP contribution in [0.2, 0.25) is 5.02 Å². The van der Waals surface area contributed by atoms with Gasteiger partial charge in [-0.1, -0.05) is 36.4 Å². The van der Waals surface area contributed by atoms with Gasteiger partial charge in [0, 0.05) is 23.0 Å². The van der Waals surface area contributed by atoms with Crippen LogP contribution >= 0.6 is 34.7 Å². The average Bonchev–Trinajstić information content (AvgIpc) is 3.23. The summed E-state index contributed by atoms with van der Waals surface area (Å²) >= 11 is 9.53. The number of likely N-dealkylation sites (N-methyl/N-ethyl adjacent to an activating group) is 1. The molecule has 1 aliphatic rings. The Morgan fingerprint density at radius 3 is 2.96 bits per heavy atom. The molecule has 144 valence electrons. The van der Waals surface area contributed by atoms with E-state index in [0.717, 1.165) is 40.6 Å². The highest BCUT2D eigenvalue weighted by molar-refractivity contribution is 7.99. The van der Waals surface area contributed by atoms with Crippen LogP contribution in [-0.2, 0) is 13.0 Å². The van der Waals surface area contributed by atoms with Crippen molar-refractivity contribution >= 4 is 50.7 Å². The van der Waals surface area contributed by atoms with Gasteiger partial charge in [-0.25, -0.2) is 8.97 Å². The Morgan fingerprint density at radius 1 is 1.32 bits per heavy atom. The molecule has 0 fully saturated rings. The van der Waals surface area contributed by atoms with Gasteiger partial charge in [-0.15, -0.1) is 21.5 Å². The zero-order chi connectivity index (χ0) is 19.4. The molecule has 0 atom stereocenters. The first-order valence-electron chi connectivity index (χ1n) is 9.10. The summed E-state index contributed by atoms with van der Waals surface area (Å²) < 4.78 is 3.68. The monoisotopic (exact) mass is 431 g/mol. The van der Waals surface area contributed by atoms with Gasteiger partial charge in [0.1, 0.15) is 4.83 Å². The predicted molar refractivity (Wildman–Crippen MR) is 115 cm³/mol. The van der Waals surface area contributed by atoms with Gasteiger partial charge in [-0.05, 0) is 43.0 Å². The molecule has 0 saturated carbocycles. The topological polar surface area (TPSA) is 55.4 Å². The molecular formula is C19H18ClN5OS2. The Hall–Kier alpha value is -1.87. The molecule has 28 heavy (non-hydrogen) atoms. The molecule has 9 heteroatoms. The maximum absolute atomic E-state index is 13.7. The summed E-state index contributed by atoms with van der Waals surface area (Å²) in [5.41, 5.74) is 1.83. The Morgan fingerprint density at radius 2 is 2.18 bits per heavy atom. The van der Waals surface area contributed by atoms with E-state index in [1.807, 2.05) is 16.5 Å². The van der Waals surface area contributed by atoms with Gasteiger partial charge >= 0.3 is 0 Å². The lowest BCUT2D eigenvalue weighted by Gasteiger charge is -2.21. The molecule has 1 aliphatic heterocycles. The first-order chi connectivity index (χ1) is 13.6. The fourth-order valence-electron chi connectivity index (χ4n) is 3.75. The van der Waals surface area contributed by atoms with E-state index in [1.165, 1.54) is 10.4 Å². The van der Waals surface area contributed by atoms with E-state index in [9.17, 15) is 4.79 Å².